The molecule has 1 aromatic carbocycles. The minimum Gasteiger partial charge on any atom is -0.497 e. The first-order valence-electron chi connectivity index (χ1n) is 19.4. The number of nitrogens with one attached hydrogen (secondary N) is 3. The Morgan fingerprint density at radius 3 is 2.53 bits per heavy atom. The number of carbonyl (C=O) groups is 4. The van der Waals surface area contributed by atoms with E-state index >= 15 is 0 Å². The second kappa shape index (κ2) is 14.8. The zero-order chi connectivity index (χ0) is 39.3. The lowest BCUT2D eigenvalue weighted by Gasteiger charge is -2.32. The third-order valence-electron chi connectivity index (χ3n) is 12.2. The summed E-state index contributed by atoms with van der Waals surface area (Å²) in [4.78, 5) is 63.4. The van der Waals surface area contributed by atoms with Gasteiger partial charge in [0.2, 0.25) is 27.7 Å². The number of ether oxygens (including phenoxy) is 2. The van der Waals surface area contributed by atoms with Crippen molar-refractivity contribution in [3.8, 4) is 11.6 Å². The van der Waals surface area contributed by atoms with E-state index in [1.165, 1.54) is 4.90 Å². The summed E-state index contributed by atoms with van der Waals surface area (Å²) in [5, 5.41) is 16.7. The van der Waals surface area contributed by atoms with Crippen molar-refractivity contribution in [3.63, 3.8) is 0 Å². The number of benzene rings is 1. The Balaban J connectivity index is 1.23. The van der Waals surface area contributed by atoms with E-state index in [4.69, 9.17) is 14.5 Å². The van der Waals surface area contributed by atoms with Crippen molar-refractivity contribution >= 4 is 50.4 Å². The minimum atomic E-state index is -4.01. The lowest BCUT2D eigenvalue weighted by molar-refractivity contribution is -0.142. The Bertz CT molecular complexity index is 2000. The molecule has 1 aromatic heterocycles. The van der Waals surface area contributed by atoms with Crippen LogP contribution in [0.4, 0.5) is 10.6 Å². The third kappa shape index (κ3) is 7.79. The average Bonchev–Trinajstić information content (AvgIpc) is 3.89. The Hall–Kier alpha value is -4.60. The molecule has 4 N–H and O–H groups in total. The summed E-state index contributed by atoms with van der Waals surface area (Å²) >= 11 is 0. The lowest BCUT2D eigenvalue weighted by atomic mass is 9.88. The number of amides is 4. The van der Waals surface area contributed by atoms with Crippen LogP contribution in [-0.4, -0.2) is 102 Å². The van der Waals surface area contributed by atoms with Crippen LogP contribution in [0.3, 0.4) is 0 Å². The Morgan fingerprint density at radius 2 is 1.84 bits per heavy atom. The molecule has 15 nitrogen and oxygen atoms in total. The van der Waals surface area contributed by atoms with Crippen LogP contribution in [0.2, 0.25) is 0 Å². The normalized spacial score (nSPS) is 30.7. The van der Waals surface area contributed by atoms with E-state index in [0.29, 0.717) is 42.7 Å². The van der Waals surface area contributed by atoms with Gasteiger partial charge in [-0.2, -0.15) is 4.98 Å². The second-order valence-electron chi connectivity index (χ2n) is 16.5. The van der Waals surface area contributed by atoms with Crippen LogP contribution in [0, 0.1) is 17.8 Å². The van der Waals surface area contributed by atoms with Gasteiger partial charge in [-0.15, -0.1) is 0 Å². The van der Waals surface area contributed by atoms with Gasteiger partial charge >= 0.3 is 6.09 Å². The molecule has 16 heteroatoms. The molecule has 55 heavy (non-hydrogen) atoms. The number of carboxylic acid groups (broad SMARTS) is 1. The zero-order valence-electron chi connectivity index (χ0n) is 31.9. The second-order valence-corrected chi connectivity index (χ2v) is 18.7. The van der Waals surface area contributed by atoms with Gasteiger partial charge < -0.3 is 35.0 Å². The van der Waals surface area contributed by atoms with Gasteiger partial charge in [0.15, 0.2) is 0 Å². The van der Waals surface area contributed by atoms with Gasteiger partial charge in [-0.25, -0.2) is 13.2 Å². The SMILES string of the molecule is COc1ccc2c(O[C@@H]3C[C@H]4C(=O)N[C@]5(C(=O)NS(=O)(=O)C6(C)CC6)C[C@H]5C=CCC[C@@H](C)C[C@@H](C)[C@H](NC(=O)O)C(=O)N4C3)nc(N3CCCC3)cc2c1. The summed E-state index contributed by atoms with van der Waals surface area (Å²) in [6, 6.07) is 5.23. The molecule has 2 aliphatic carbocycles. The van der Waals surface area contributed by atoms with Crippen molar-refractivity contribution in [2.24, 2.45) is 17.8 Å². The minimum absolute atomic E-state index is 0.0179. The highest BCUT2D eigenvalue weighted by Crippen LogP contribution is 2.48. The molecule has 0 spiro atoms. The third-order valence-corrected chi connectivity index (χ3v) is 14.4. The average molecular weight is 781 g/mol. The predicted octanol–water partition coefficient (Wildman–Crippen LogP) is 3.71. The Kier molecular flexibility index (Phi) is 10.4. The van der Waals surface area contributed by atoms with Crippen LogP contribution >= 0.6 is 0 Å². The van der Waals surface area contributed by atoms with Crippen molar-refractivity contribution in [2.75, 3.05) is 31.6 Å². The van der Waals surface area contributed by atoms with Crippen molar-refractivity contribution in [2.45, 2.75) is 107 Å². The lowest BCUT2D eigenvalue weighted by Crippen LogP contribution is -2.59. The Morgan fingerprint density at radius 1 is 1.09 bits per heavy atom. The highest BCUT2D eigenvalue weighted by molar-refractivity contribution is 7.91. The first kappa shape index (κ1) is 38.7. The van der Waals surface area contributed by atoms with Gasteiger partial charge in [-0.1, -0.05) is 26.0 Å². The van der Waals surface area contributed by atoms with E-state index in [0.717, 1.165) is 43.6 Å². The molecule has 4 fully saturated rings. The zero-order valence-corrected chi connectivity index (χ0v) is 32.7. The highest BCUT2D eigenvalue weighted by Gasteiger charge is 2.63. The van der Waals surface area contributed by atoms with E-state index in [-0.39, 0.29) is 25.3 Å². The molecule has 0 radical (unpaired) electrons. The molecule has 0 bridgehead atoms. The number of pyridine rings is 1. The molecule has 298 valence electrons. The fourth-order valence-corrected chi connectivity index (χ4v) is 9.72. The number of allylic oxidation sites excluding steroid dienone is 1. The van der Waals surface area contributed by atoms with Crippen LogP contribution in [0.5, 0.6) is 11.6 Å². The van der Waals surface area contributed by atoms with E-state index < -0.39 is 74.1 Å². The number of rotatable bonds is 8. The maximum Gasteiger partial charge on any atom is 0.405 e. The number of fused-ring (bicyclic) bond motifs is 3. The van der Waals surface area contributed by atoms with Crippen LogP contribution in [0.15, 0.2) is 36.4 Å². The first-order chi connectivity index (χ1) is 26.1. The van der Waals surface area contributed by atoms with Crippen molar-refractivity contribution < 1.29 is 42.2 Å². The summed E-state index contributed by atoms with van der Waals surface area (Å²) in [6.45, 7) is 7.08. The van der Waals surface area contributed by atoms with E-state index in [2.05, 4.69) is 20.3 Å². The summed E-state index contributed by atoms with van der Waals surface area (Å²) < 4.78 is 39.7. The van der Waals surface area contributed by atoms with Crippen LogP contribution in [0.1, 0.15) is 78.6 Å². The number of methoxy groups -OCH3 is 1. The predicted molar refractivity (Wildman–Crippen MR) is 204 cm³/mol. The summed E-state index contributed by atoms with van der Waals surface area (Å²) in [5.74, 6) is -1.06. The van der Waals surface area contributed by atoms with Crippen LogP contribution < -0.4 is 29.7 Å². The molecule has 2 saturated heterocycles. The van der Waals surface area contributed by atoms with E-state index in [1.54, 1.807) is 20.1 Å². The summed E-state index contributed by atoms with van der Waals surface area (Å²) in [7, 11) is -2.41. The summed E-state index contributed by atoms with van der Waals surface area (Å²) in [6.07, 6.45) is 6.78. The van der Waals surface area contributed by atoms with Crippen molar-refractivity contribution in [3.05, 3.63) is 36.4 Å². The fourth-order valence-electron chi connectivity index (χ4n) is 8.40. The maximum atomic E-state index is 14.5. The highest BCUT2D eigenvalue weighted by atomic mass is 32.2. The van der Waals surface area contributed by atoms with E-state index in [9.17, 15) is 32.7 Å². The topological polar surface area (TPSA) is 197 Å². The van der Waals surface area contributed by atoms with Gasteiger partial charge in [0.25, 0.3) is 5.91 Å². The molecule has 2 aromatic rings. The number of anilines is 1. The largest absolute Gasteiger partial charge is 0.497 e. The first-order valence-corrected chi connectivity index (χ1v) is 20.9. The number of hydrogen-bond acceptors (Lipinski definition) is 10. The summed E-state index contributed by atoms with van der Waals surface area (Å²) in [5.41, 5.74) is -1.54. The van der Waals surface area contributed by atoms with Gasteiger partial charge in [-0.05, 0) is 99.8 Å². The number of nitrogens with zero attached hydrogens (tertiary/aromatic N) is 3. The quantitative estimate of drug-likeness (QED) is 0.285. The van der Waals surface area contributed by atoms with Crippen LogP contribution in [-0.2, 0) is 24.4 Å². The standard InChI is InChI=1S/C39H52N6O9S/c1-23-9-5-6-10-26-21-39(26,36(48)43-55(51,52)38(3)13-14-38)42-33(46)30-20-28(22-45(30)35(47)32(24(2)17-23)41-37(49)50)54-34-29-12-11-27(53-4)18-25(29)19-31(40-34)44-15-7-8-16-44/h6,10-12,18-19,23-24,26,28,30,32,41H,5,7-9,13-17,20-22H2,1-4H3,(H,42,46)(H,43,48)(H,49,50)/t23-,24-,26-,28-,30+,32+,39-/m1/s1. The molecule has 5 aliphatic rings. The number of hydrogen-bond donors (Lipinski definition) is 4. The molecule has 4 amide bonds. The number of carbonyl (C=O) groups excluding carboxylic acids is 3. The molecule has 2 saturated carbocycles. The van der Waals surface area contributed by atoms with Crippen LogP contribution in [0.25, 0.3) is 10.8 Å². The maximum absolute atomic E-state index is 14.5. The molecular weight excluding hydrogens is 729 g/mol. The van der Waals surface area contributed by atoms with E-state index in [1.807, 2.05) is 44.2 Å². The van der Waals surface area contributed by atoms with Crippen molar-refractivity contribution in [1.82, 2.24) is 25.2 Å². The molecule has 7 atom stereocenters. The van der Waals surface area contributed by atoms with Crippen molar-refractivity contribution in [1.29, 1.82) is 0 Å². The molecule has 7 rings (SSSR count). The number of aromatic nitrogens is 1. The smallest absolute Gasteiger partial charge is 0.405 e. The molecular formula is C39H52N6O9S. The molecule has 0 unspecified atom stereocenters. The fraction of sp³-hybridized carbons (Fsp3) is 0.615. The van der Waals surface area contributed by atoms with Gasteiger partial charge in [-0.3, -0.25) is 19.1 Å². The Labute approximate surface area is 321 Å². The molecule has 3 aliphatic heterocycles. The van der Waals surface area contributed by atoms with Gasteiger partial charge in [0, 0.05) is 30.8 Å². The van der Waals surface area contributed by atoms with Gasteiger partial charge in [0.1, 0.15) is 35.3 Å². The monoisotopic (exact) mass is 780 g/mol. The van der Waals surface area contributed by atoms with Gasteiger partial charge in [0.05, 0.1) is 18.4 Å². The number of sulfonamides is 1. The molecule has 4 heterocycles.